The van der Waals surface area contributed by atoms with Crippen molar-refractivity contribution < 1.29 is 14.3 Å². The maximum absolute atomic E-state index is 12.2. The second kappa shape index (κ2) is 5.33. The number of hydrogen-bond acceptors (Lipinski definition) is 3. The molecule has 0 spiro atoms. The highest BCUT2D eigenvalue weighted by Gasteiger charge is 2.72. The maximum atomic E-state index is 12.2. The van der Waals surface area contributed by atoms with Crippen LogP contribution in [0.1, 0.15) is 25.8 Å². The lowest BCUT2D eigenvalue weighted by Gasteiger charge is -2.17. The fourth-order valence-corrected chi connectivity index (χ4v) is 3.40. The average molecular weight is 348 g/mol. The van der Waals surface area contributed by atoms with Crippen LogP contribution >= 0.6 is 27.5 Å². The maximum Gasteiger partial charge on any atom is 0.319 e. The van der Waals surface area contributed by atoms with Gasteiger partial charge in [-0.15, -0.1) is 11.6 Å². The van der Waals surface area contributed by atoms with E-state index >= 15 is 0 Å². The molecule has 0 heterocycles. The van der Waals surface area contributed by atoms with E-state index in [0.29, 0.717) is 19.6 Å². The summed E-state index contributed by atoms with van der Waals surface area (Å²) >= 11 is 9.71. The number of benzene rings is 1. The highest BCUT2D eigenvalue weighted by Crippen LogP contribution is 2.66. The third-order valence-electron chi connectivity index (χ3n) is 3.27. The summed E-state index contributed by atoms with van der Waals surface area (Å²) in [5.41, 5.74) is 0.0521. The Morgan fingerprint density at radius 1 is 1.32 bits per heavy atom. The molecule has 1 aromatic rings. The molecular weight excluding hydrogens is 332 g/mol. The van der Waals surface area contributed by atoms with Crippen LogP contribution in [0.25, 0.3) is 0 Å². The predicted octanol–water partition coefficient (Wildman–Crippen LogP) is 3.62. The Kier molecular flexibility index (Phi) is 4.11. The van der Waals surface area contributed by atoms with Crippen molar-refractivity contribution in [2.24, 2.45) is 0 Å². The Morgan fingerprint density at radius 3 is 2.32 bits per heavy atom. The van der Waals surface area contributed by atoms with Crippen LogP contribution in [0.3, 0.4) is 0 Å². The third-order valence-corrected chi connectivity index (χ3v) is 4.68. The van der Waals surface area contributed by atoms with E-state index in [2.05, 4.69) is 15.9 Å². The van der Waals surface area contributed by atoms with Gasteiger partial charge >= 0.3 is 5.97 Å². The number of esters is 1. The van der Waals surface area contributed by atoms with Gasteiger partial charge in [0.15, 0.2) is 0 Å². The van der Waals surface area contributed by atoms with E-state index in [0.717, 1.165) is 11.3 Å². The zero-order chi connectivity index (χ0) is 14.1. The Balaban J connectivity index is 2.29. The number of alkyl halides is 2. The van der Waals surface area contributed by atoms with Crippen LogP contribution in [0.5, 0.6) is 5.75 Å². The number of carbonyl (C=O) groups is 1. The molecule has 1 aromatic carbocycles. The first kappa shape index (κ1) is 14.7. The molecule has 0 aromatic heterocycles. The van der Waals surface area contributed by atoms with Crippen LogP contribution in [0.15, 0.2) is 24.3 Å². The van der Waals surface area contributed by atoms with Crippen LogP contribution in [-0.4, -0.2) is 23.0 Å². The topological polar surface area (TPSA) is 35.5 Å². The summed E-state index contributed by atoms with van der Waals surface area (Å²) in [5, 5.41) is 0. The third kappa shape index (κ3) is 2.48. The highest BCUT2D eigenvalue weighted by atomic mass is 79.9. The molecule has 104 valence electrons. The van der Waals surface area contributed by atoms with E-state index in [-0.39, 0.29) is 5.97 Å². The normalized spacial score (nSPS) is 28.8. The molecule has 0 N–H and O–H groups in total. The van der Waals surface area contributed by atoms with Crippen LogP contribution in [-0.2, 0) is 14.9 Å². The molecule has 3 nitrogen and oxygen atoms in total. The summed E-state index contributed by atoms with van der Waals surface area (Å²) < 4.78 is 9.79. The van der Waals surface area contributed by atoms with Gasteiger partial charge in [-0.3, -0.25) is 4.79 Å². The molecular formula is C14H16BrClO3. The smallest absolute Gasteiger partial charge is 0.319 e. The molecule has 1 aliphatic rings. The van der Waals surface area contributed by atoms with E-state index in [1.165, 1.54) is 0 Å². The van der Waals surface area contributed by atoms with Crippen molar-refractivity contribution in [1.29, 1.82) is 0 Å². The van der Waals surface area contributed by atoms with Crippen molar-refractivity contribution in [3.8, 4) is 5.75 Å². The minimum Gasteiger partial charge on any atom is -0.494 e. The van der Waals surface area contributed by atoms with Crippen molar-refractivity contribution in [1.82, 2.24) is 0 Å². The summed E-state index contributed by atoms with van der Waals surface area (Å²) in [6.07, 6.45) is 0.522. The van der Waals surface area contributed by atoms with Gasteiger partial charge in [-0.2, -0.15) is 0 Å². The molecule has 1 aliphatic carbocycles. The van der Waals surface area contributed by atoms with Crippen LogP contribution in [0.4, 0.5) is 0 Å². The lowest BCUT2D eigenvalue weighted by molar-refractivity contribution is -0.146. The van der Waals surface area contributed by atoms with Crippen molar-refractivity contribution in [3.05, 3.63) is 29.8 Å². The fourth-order valence-electron chi connectivity index (χ4n) is 2.20. The average Bonchev–Trinajstić information content (AvgIpc) is 2.96. The minimum atomic E-state index is -0.796. The SMILES string of the molecule is CCOC(=O)[C@]1(c2ccc(OCC)cc2)C[C@@]1(Cl)Br. The van der Waals surface area contributed by atoms with Crippen LogP contribution in [0, 0.1) is 0 Å². The van der Waals surface area contributed by atoms with Gasteiger partial charge in [-0.25, -0.2) is 0 Å². The molecule has 5 heteroatoms. The van der Waals surface area contributed by atoms with E-state index in [4.69, 9.17) is 21.1 Å². The second-order valence-corrected chi connectivity index (χ2v) is 6.92. The Labute approximate surface area is 126 Å². The predicted molar refractivity (Wildman–Crippen MR) is 78.1 cm³/mol. The van der Waals surface area contributed by atoms with E-state index in [1.54, 1.807) is 6.92 Å². The van der Waals surface area contributed by atoms with Gasteiger partial charge in [-0.05, 0) is 31.5 Å². The Bertz CT molecular complexity index is 472. The van der Waals surface area contributed by atoms with E-state index in [1.807, 2.05) is 31.2 Å². The van der Waals surface area contributed by atoms with E-state index < -0.39 is 9.20 Å². The molecule has 1 saturated carbocycles. The Hall–Kier alpha value is -0.740. The van der Waals surface area contributed by atoms with Crippen LogP contribution in [0.2, 0.25) is 0 Å². The van der Waals surface area contributed by atoms with Gasteiger partial charge in [-0.1, -0.05) is 28.1 Å². The summed E-state index contributed by atoms with van der Waals surface area (Å²) in [6, 6.07) is 7.43. The molecule has 2 atom stereocenters. The molecule has 0 amide bonds. The summed E-state index contributed by atoms with van der Waals surface area (Å²) in [4.78, 5) is 12.2. The van der Waals surface area contributed by atoms with Crippen molar-refractivity contribution in [3.63, 3.8) is 0 Å². The molecule has 2 rings (SSSR count). The number of halogens is 2. The second-order valence-electron chi connectivity index (χ2n) is 4.46. The summed E-state index contributed by atoms with van der Waals surface area (Å²) in [7, 11) is 0. The molecule has 0 bridgehead atoms. The van der Waals surface area contributed by atoms with Gasteiger partial charge in [0.1, 0.15) is 14.9 Å². The molecule has 0 aliphatic heterocycles. The summed E-state index contributed by atoms with van der Waals surface area (Å²) in [6.45, 7) is 4.67. The molecule has 1 fully saturated rings. The first-order valence-corrected chi connectivity index (χ1v) is 7.43. The van der Waals surface area contributed by atoms with Gasteiger partial charge in [0, 0.05) is 6.42 Å². The zero-order valence-corrected chi connectivity index (χ0v) is 13.3. The molecule has 0 saturated heterocycles. The van der Waals surface area contributed by atoms with Crippen molar-refractivity contribution in [2.75, 3.05) is 13.2 Å². The first-order valence-electron chi connectivity index (χ1n) is 6.26. The number of rotatable bonds is 5. The highest BCUT2D eigenvalue weighted by molar-refractivity contribution is 9.10. The minimum absolute atomic E-state index is 0.286. The van der Waals surface area contributed by atoms with Crippen molar-refractivity contribution in [2.45, 2.75) is 29.5 Å². The summed E-state index contributed by atoms with van der Waals surface area (Å²) in [5.74, 6) is 0.492. The first-order chi connectivity index (χ1) is 8.98. The standard InChI is InChI=1S/C14H16BrClO3/c1-3-18-11-7-5-10(6-8-11)13(9-14(13,15)16)12(17)19-4-2/h5-8H,3-4,9H2,1-2H3/t13-,14+/m1/s1. The quantitative estimate of drug-likeness (QED) is 0.603. The number of carbonyl (C=O) groups excluding carboxylic acids is 1. The monoisotopic (exact) mass is 346 g/mol. The fraction of sp³-hybridized carbons (Fsp3) is 0.500. The molecule has 0 radical (unpaired) electrons. The van der Waals surface area contributed by atoms with Gasteiger partial charge in [0.05, 0.1) is 13.2 Å². The molecule has 19 heavy (non-hydrogen) atoms. The lowest BCUT2D eigenvalue weighted by Crippen LogP contribution is -2.28. The van der Waals surface area contributed by atoms with Crippen molar-refractivity contribution >= 4 is 33.5 Å². The molecule has 0 unspecified atom stereocenters. The van der Waals surface area contributed by atoms with Gasteiger partial charge < -0.3 is 9.47 Å². The van der Waals surface area contributed by atoms with Gasteiger partial charge in [0.25, 0.3) is 0 Å². The van der Waals surface area contributed by atoms with Crippen LogP contribution < -0.4 is 4.74 Å². The zero-order valence-electron chi connectivity index (χ0n) is 10.9. The lowest BCUT2D eigenvalue weighted by atomic mass is 9.96. The van der Waals surface area contributed by atoms with E-state index in [9.17, 15) is 4.79 Å². The van der Waals surface area contributed by atoms with Gasteiger partial charge in [0.2, 0.25) is 0 Å². The number of ether oxygens (including phenoxy) is 2. The Morgan fingerprint density at radius 2 is 1.89 bits per heavy atom. The largest absolute Gasteiger partial charge is 0.494 e. The number of hydrogen-bond donors (Lipinski definition) is 0.